The van der Waals surface area contributed by atoms with E-state index in [0.717, 1.165) is 11.0 Å². The van der Waals surface area contributed by atoms with Crippen molar-refractivity contribution in [2.75, 3.05) is 0 Å². The maximum Gasteiger partial charge on any atom is 0.288 e. The highest BCUT2D eigenvalue weighted by Gasteiger charge is 2.13. The molecule has 0 atom stereocenters. The van der Waals surface area contributed by atoms with Crippen LogP contribution in [0.1, 0.15) is 11.4 Å². The number of aromatic nitrogens is 2. The van der Waals surface area contributed by atoms with Gasteiger partial charge in [0.15, 0.2) is 0 Å². The topological polar surface area (TPSA) is 95.6 Å². The third kappa shape index (κ3) is 2.91. The van der Waals surface area contributed by atoms with Crippen LogP contribution >= 0.6 is 11.6 Å². The monoisotopic (exact) mass is 324 g/mol. The van der Waals surface area contributed by atoms with E-state index in [1.54, 1.807) is 6.07 Å². The molecule has 0 unspecified atom stereocenters. The van der Waals surface area contributed by atoms with Crippen LogP contribution in [0.15, 0.2) is 42.5 Å². The molecule has 0 aliphatic heterocycles. The van der Waals surface area contributed by atoms with Crippen LogP contribution in [0.25, 0.3) is 22.7 Å². The van der Waals surface area contributed by atoms with Crippen molar-refractivity contribution < 1.29 is 4.92 Å². The molecule has 0 spiro atoms. The van der Waals surface area contributed by atoms with Crippen LogP contribution < -0.4 is 0 Å². The van der Waals surface area contributed by atoms with Crippen molar-refractivity contribution >= 4 is 40.0 Å². The number of imidazole rings is 1. The Morgan fingerprint density at radius 2 is 2.13 bits per heavy atom. The maximum absolute atomic E-state index is 10.9. The second-order valence-corrected chi connectivity index (χ2v) is 5.15. The fourth-order valence-corrected chi connectivity index (χ4v) is 2.35. The molecule has 0 fully saturated rings. The molecule has 0 aliphatic carbocycles. The van der Waals surface area contributed by atoms with E-state index >= 15 is 0 Å². The van der Waals surface area contributed by atoms with Gasteiger partial charge in [0, 0.05) is 6.07 Å². The Balaban J connectivity index is 2.07. The van der Waals surface area contributed by atoms with E-state index in [4.69, 9.17) is 11.6 Å². The minimum absolute atomic E-state index is 0.0504. The van der Waals surface area contributed by atoms with Gasteiger partial charge in [-0.2, -0.15) is 5.26 Å². The summed E-state index contributed by atoms with van der Waals surface area (Å²) >= 11 is 5.79. The number of para-hydroxylation sites is 2. The number of aromatic amines is 1. The first-order valence-corrected chi connectivity index (χ1v) is 6.97. The first-order chi connectivity index (χ1) is 11.1. The predicted molar refractivity (Wildman–Crippen MR) is 87.7 cm³/mol. The number of benzene rings is 2. The summed E-state index contributed by atoms with van der Waals surface area (Å²) in [6, 6.07) is 13.8. The van der Waals surface area contributed by atoms with E-state index in [1.165, 1.54) is 18.2 Å². The molecule has 112 valence electrons. The van der Waals surface area contributed by atoms with Crippen LogP contribution in [0.2, 0.25) is 5.02 Å². The average Bonchev–Trinajstić information content (AvgIpc) is 2.97. The lowest BCUT2D eigenvalue weighted by molar-refractivity contribution is -0.384. The first-order valence-electron chi connectivity index (χ1n) is 6.59. The number of nitro benzene ring substituents is 1. The van der Waals surface area contributed by atoms with Gasteiger partial charge in [0.25, 0.3) is 5.69 Å². The van der Waals surface area contributed by atoms with Crippen LogP contribution in [0.4, 0.5) is 5.69 Å². The molecule has 7 heteroatoms. The number of fused-ring (bicyclic) bond motifs is 1. The molecule has 0 amide bonds. The molecular weight excluding hydrogens is 316 g/mol. The van der Waals surface area contributed by atoms with Crippen molar-refractivity contribution in [1.29, 1.82) is 5.26 Å². The zero-order valence-electron chi connectivity index (χ0n) is 11.7. The minimum atomic E-state index is -0.563. The summed E-state index contributed by atoms with van der Waals surface area (Å²) in [5.74, 6) is 0.409. The predicted octanol–water partition coefficient (Wildman–Crippen LogP) is 4.19. The van der Waals surface area contributed by atoms with E-state index in [1.807, 2.05) is 24.3 Å². The van der Waals surface area contributed by atoms with Crippen molar-refractivity contribution in [3.63, 3.8) is 0 Å². The average molecular weight is 325 g/mol. The number of H-pyrrole nitrogens is 1. The Kier molecular flexibility index (Phi) is 3.79. The van der Waals surface area contributed by atoms with Crippen molar-refractivity contribution in [3.8, 4) is 6.07 Å². The Labute approximate surface area is 135 Å². The first kappa shape index (κ1) is 14.8. The molecule has 0 saturated carbocycles. The van der Waals surface area contributed by atoms with Crippen molar-refractivity contribution in [1.82, 2.24) is 9.97 Å². The van der Waals surface area contributed by atoms with Crippen LogP contribution in [0.5, 0.6) is 0 Å². The minimum Gasteiger partial charge on any atom is -0.337 e. The van der Waals surface area contributed by atoms with Gasteiger partial charge in [-0.1, -0.05) is 29.8 Å². The Morgan fingerprint density at radius 3 is 2.83 bits per heavy atom. The summed E-state index contributed by atoms with van der Waals surface area (Å²) in [6.45, 7) is 0. The van der Waals surface area contributed by atoms with E-state index in [2.05, 4.69) is 16.0 Å². The standard InChI is InChI=1S/C16H9ClN4O2/c17-12-6-5-10(8-15(12)21(22)23)7-11(9-18)16-19-13-3-1-2-4-14(13)20-16/h1-8H,(H,19,20)/b11-7-. The number of nitriles is 1. The number of hydrogen-bond donors (Lipinski definition) is 1. The van der Waals surface area contributed by atoms with E-state index in [9.17, 15) is 15.4 Å². The van der Waals surface area contributed by atoms with Gasteiger partial charge in [-0.15, -0.1) is 0 Å². The van der Waals surface area contributed by atoms with E-state index in [0.29, 0.717) is 11.4 Å². The largest absolute Gasteiger partial charge is 0.337 e. The van der Waals surface area contributed by atoms with Crippen molar-refractivity contribution in [3.05, 3.63) is 69.0 Å². The Hall–Kier alpha value is -3.17. The molecule has 3 rings (SSSR count). The van der Waals surface area contributed by atoms with Gasteiger partial charge in [0.05, 0.1) is 21.5 Å². The molecular formula is C16H9ClN4O2. The molecule has 1 aromatic heterocycles. The lowest BCUT2D eigenvalue weighted by atomic mass is 10.1. The number of nitro groups is 1. The van der Waals surface area contributed by atoms with Crippen molar-refractivity contribution in [2.45, 2.75) is 0 Å². The molecule has 0 bridgehead atoms. The smallest absolute Gasteiger partial charge is 0.288 e. The van der Waals surface area contributed by atoms with Crippen LogP contribution in [0.3, 0.4) is 0 Å². The molecule has 0 aliphatic rings. The number of rotatable bonds is 3. The lowest BCUT2D eigenvalue weighted by Crippen LogP contribution is -1.90. The summed E-state index contributed by atoms with van der Waals surface area (Å²) in [6.07, 6.45) is 1.53. The maximum atomic E-state index is 10.9. The Bertz CT molecular complexity index is 952. The number of hydrogen-bond acceptors (Lipinski definition) is 4. The quantitative estimate of drug-likeness (QED) is 0.444. The summed E-state index contributed by atoms with van der Waals surface area (Å²) in [5, 5.41) is 20.3. The van der Waals surface area contributed by atoms with Gasteiger partial charge >= 0.3 is 0 Å². The van der Waals surface area contributed by atoms with Crippen LogP contribution in [-0.4, -0.2) is 14.9 Å². The third-order valence-electron chi connectivity index (χ3n) is 3.24. The summed E-state index contributed by atoms with van der Waals surface area (Å²) in [7, 11) is 0. The normalized spacial score (nSPS) is 11.4. The number of allylic oxidation sites excluding steroid dienone is 1. The highest BCUT2D eigenvalue weighted by molar-refractivity contribution is 6.32. The zero-order valence-corrected chi connectivity index (χ0v) is 12.4. The van der Waals surface area contributed by atoms with Crippen LogP contribution in [-0.2, 0) is 0 Å². The van der Waals surface area contributed by atoms with Gasteiger partial charge in [-0.05, 0) is 29.8 Å². The molecule has 0 radical (unpaired) electrons. The molecule has 2 aromatic carbocycles. The SMILES string of the molecule is N#C/C(=C/c1ccc(Cl)c([N+](=O)[O-])c1)c1nc2ccccc2[nH]1. The highest BCUT2D eigenvalue weighted by atomic mass is 35.5. The number of nitrogens with zero attached hydrogens (tertiary/aromatic N) is 3. The van der Waals surface area contributed by atoms with Gasteiger partial charge < -0.3 is 4.98 Å². The molecule has 6 nitrogen and oxygen atoms in total. The summed E-state index contributed by atoms with van der Waals surface area (Å²) < 4.78 is 0. The second-order valence-electron chi connectivity index (χ2n) is 4.74. The van der Waals surface area contributed by atoms with Crippen LogP contribution in [0, 0.1) is 21.4 Å². The van der Waals surface area contributed by atoms with E-state index in [-0.39, 0.29) is 16.3 Å². The fraction of sp³-hybridized carbons (Fsp3) is 0. The number of nitrogens with one attached hydrogen (secondary N) is 1. The van der Waals surface area contributed by atoms with E-state index < -0.39 is 4.92 Å². The van der Waals surface area contributed by atoms with Crippen molar-refractivity contribution in [2.24, 2.45) is 0 Å². The lowest BCUT2D eigenvalue weighted by Gasteiger charge is -1.98. The summed E-state index contributed by atoms with van der Waals surface area (Å²) in [4.78, 5) is 17.8. The fourth-order valence-electron chi connectivity index (χ4n) is 2.16. The zero-order chi connectivity index (χ0) is 16.4. The van der Waals surface area contributed by atoms with Gasteiger partial charge in [0.1, 0.15) is 16.9 Å². The molecule has 1 heterocycles. The molecule has 0 saturated heterocycles. The number of halogens is 1. The molecule has 3 aromatic rings. The molecule has 23 heavy (non-hydrogen) atoms. The van der Waals surface area contributed by atoms with Gasteiger partial charge in [-0.3, -0.25) is 10.1 Å². The molecule has 1 N–H and O–H groups in total. The highest BCUT2D eigenvalue weighted by Crippen LogP contribution is 2.27. The van der Waals surface area contributed by atoms with Gasteiger partial charge in [-0.25, -0.2) is 4.98 Å². The summed E-state index contributed by atoms with van der Waals surface area (Å²) in [5.41, 5.74) is 2.12. The Morgan fingerprint density at radius 1 is 1.35 bits per heavy atom. The van der Waals surface area contributed by atoms with Gasteiger partial charge in [0.2, 0.25) is 0 Å². The third-order valence-corrected chi connectivity index (χ3v) is 3.56. The second kappa shape index (κ2) is 5.91.